The first-order valence-corrected chi connectivity index (χ1v) is 7.90. The van der Waals surface area contributed by atoms with E-state index in [0.29, 0.717) is 23.8 Å². The number of aromatic nitrogens is 4. The number of nitrogens with one attached hydrogen (secondary N) is 1. The zero-order valence-corrected chi connectivity index (χ0v) is 14.8. The van der Waals surface area contributed by atoms with Gasteiger partial charge in [0.25, 0.3) is 0 Å². The largest absolute Gasteiger partial charge is 0.464 e. The Morgan fingerprint density at radius 2 is 2.04 bits per heavy atom. The van der Waals surface area contributed by atoms with E-state index in [4.69, 9.17) is 11.6 Å². The summed E-state index contributed by atoms with van der Waals surface area (Å²) in [6.45, 7) is 6.51. The first kappa shape index (κ1) is 18.0. The molecule has 2 rings (SSSR count). The number of ether oxygens (including phenoxy) is 1. The van der Waals surface area contributed by atoms with E-state index in [1.165, 1.54) is 7.11 Å². The molecule has 0 radical (unpaired) electrons. The molecule has 0 aliphatic carbocycles. The van der Waals surface area contributed by atoms with Crippen LogP contribution < -0.4 is 5.32 Å². The van der Waals surface area contributed by atoms with Crippen molar-refractivity contribution in [2.45, 2.75) is 40.3 Å². The molecule has 0 aromatic carbocycles. The highest BCUT2D eigenvalue weighted by molar-refractivity contribution is 6.31. The van der Waals surface area contributed by atoms with Crippen molar-refractivity contribution in [1.82, 2.24) is 19.6 Å². The third-order valence-electron chi connectivity index (χ3n) is 3.58. The fraction of sp³-hybridized carbons (Fsp3) is 0.467. The average Bonchev–Trinajstić information content (AvgIpc) is 3.08. The lowest BCUT2D eigenvalue weighted by Crippen LogP contribution is -2.17. The maximum absolute atomic E-state index is 12.2. The number of hydrogen-bond donors (Lipinski definition) is 1. The van der Waals surface area contributed by atoms with E-state index in [-0.39, 0.29) is 18.0 Å². The minimum absolute atomic E-state index is 0.0851. The van der Waals surface area contributed by atoms with Crippen molar-refractivity contribution in [3.05, 3.63) is 28.3 Å². The van der Waals surface area contributed by atoms with Gasteiger partial charge in [-0.2, -0.15) is 10.2 Å². The summed E-state index contributed by atoms with van der Waals surface area (Å²) >= 11 is 6.09. The third-order valence-corrected chi connectivity index (χ3v) is 4.13. The fourth-order valence-corrected chi connectivity index (χ4v) is 2.37. The number of amides is 1. The zero-order valence-electron chi connectivity index (χ0n) is 14.1. The van der Waals surface area contributed by atoms with Crippen LogP contribution in [0.15, 0.2) is 6.20 Å². The van der Waals surface area contributed by atoms with Crippen LogP contribution in [0.4, 0.5) is 5.69 Å². The van der Waals surface area contributed by atoms with Gasteiger partial charge in [-0.1, -0.05) is 11.6 Å². The predicted molar refractivity (Wildman–Crippen MR) is 89.2 cm³/mol. The van der Waals surface area contributed by atoms with Crippen molar-refractivity contribution >= 4 is 29.2 Å². The molecule has 0 fully saturated rings. The fourth-order valence-electron chi connectivity index (χ4n) is 2.24. The molecular formula is C15H20ClN5O3. The van der Waals surface area contributed by atoms with Gasteiger partial charge in [-0.15, -0.1) is 0 Å². The number of carbonyl (C=O) groups is 2. The Morgan fingerprint density at radius 1 is 1.33 bits per heavy atom. The van der Waals surface area contributed by atoms with Crippen LogP contribution in [0.2, 0.25) is 5.02 Å². The van der Waals surface area contributed by atoms with E-state index in [2.05, 4.69) is 20.3 Å². The number of anilines is 1. The molecule has 130 valence electrons. The molecule has 0 saturated heterocycles. The number of aryl methyl sites for hydroxylation is 3. The van der Waals surface area contributed by atoms with Crippen LogP contribution in [0.25, 0.3) is 0 Å². The van der Waals surface area contributed by atoms with E-state index < -0.39 is 5.97 Å². The molecule has 0 spiro atoms. The van der Waals surface area contributed by atoms with E-state index in [9.17, 15) is 9.59 Å². The summed E-state index contributed by atoms with van der Waals surface area (Å²) in [5, 5.41) is 11.7. The SMILES string of the molecule is CCn1cc(NC(=O)CCn2nc(C)c(Cl)c2C)c(C(=O)OC)n1. The monoisotopic (exact) mass is 353 g/mol. The Kier molecular flexibility index (Phi) is 5.61. The minimum atomic E-state index is -0.595. The number of rotatable bonds is 6. The zero-order chi connectivity index (χ0) is 17.9. The van der Waals surface area contributed by atoms with Gasteiger partial charge in [0.2, 0.25) is 5.91 Å². The summed E-state index contributed by atoms with van der Waals surface area (Å²) in [4.78, 5) is 23.9. The minimum Gasteiger partial charge on any atom is -0.464 e. The topological polar surface area (TPSA) is 91.0 Å². The Bertz CT molecular complexity index is 765. The molecule has 0 unspecified atom stereocenters. The Hall–Kier alpha value is -2.35. The quantitative estimate of drug-likeness (QED) is 0.804. The molecule has 2 aromatic heterocycles. The van der Waals surface area contributed by atoms with Gasteiger partial charge in [0.15, 0.2) is 5.69 Å². The molecule has 1 N–H and O–H groups in total. The van der Waals surface area contributed by atoms with Gasteiger partial charge in [-0.05, 0) is 20.8 Å². The molecule has 2 aromatic rings. The maximum Gasteiger partial charge on any atom is 0.360 e. The Balaban J connectivity index is 2.05. The second-order valence-corrected chi connectivity index (χ2v) is 5.62. The van der Waals surface area contributed by atoms with Crippen molar-refractivity contribution in [2.24, 2.45) is 0 Å². The van der Waals surface area contributed by atoms with Crippen LogP contribution in [0.5, 0.6) is 0 Å². The number of hydrogen-bond acceptors (Lipinski definition) is 5. The molecule has 9 heteroatoms. The summed E-state index contributed by atoms with van der Waals surface area (Å²) in [5.74, 6) is -0.845. The van der Waals surface area contributed by atoms with Gasteiger partial charge < -0.3 is 10.1 Å². The van der Waals surface area contributed by atoms with Crippen molar-refractivity contribution < 1.29 is 14.3 Å². The summed E-state index contributed by atoms with van der Waals surface area (Å²) < 4.78 is 7.93. The number of esters is 1. The highest BCUT2D eigenvalue weighted by Gasteiger charge is 2.19. The first-order valence-electron chi connectivity index (χ1n) is 7.52. The van der Waals surface area contributed by atoms with Crippen LogP contribution in [-0.2, 0) is 22.6 Å². The number of halogens is 1. The second-order valence-electron chi connectivity index (χ2n) is 5.24. The average molecular weight is 354 g/mol. The summed E-state index contributed by atoms with van der Waals surface area (Å²) in [6.07, 6.45) is 1.79. The van der Waals surface area contributed by atoms with Gasteiger partial charge in [0, 0.05) is 19.2 Å². The van der Waals surface area contributed by atoms with E-state index in [0.717, 1.165) is 11.4 Å². The number of methoxy groups -OCH3 is 1. The van der Waals surface area contributed by atoms with E-state index in [1.807, 2.05) is 20.8 Å². The van der Waals surface area contributed by atoms with Crippen molar-refractivity contribution in [2.75, 3.05) is 12.4 Å². The molecule has 2 heterocycles. The molecule has 24 heavy (non-hydrogen) atoms. The van der Waals surface area contributed by atoms with Gasteiger partial charge in [0.05, 0.1) is 35.8 Å². The van der Waals surface area contributed by atoms with Crippen molar-refractivity contribution in [3.8, 4) is 0 Å². The highest BCUT2D eigenvalue weighted by atomic mass is 35.5. The lowest BCUT2D eigenvalue weighted by molar-refractivity contribution is -0.116. The van der Waals surface area contributed by atoms with Crippen LogP contribution >= 0.6 is 11.6 Å². The molecule has 8 nitrogen and oxygen atoms in total. The molecule has 0 bridgehead atoms. The van der Waals surface area contributed by atoms with Gasteiger partial charge in [-0.3, -0.25) is 14.2 Å². The first-order chi connectivity index (χ1) is 11.4. The molecular weight excluding hydrogens is 334 g/mol. The van der Waals surface area contributed by atoms with Crippen LogP contribution in [-0.4, -0.2) is 38.5 Å². The van der Waals surface area contributed by atoms with Gasteiger partial charge >= 0.3 is 5.97 Å². The number of nitrogens with zero attached hydrogens (tertiary/aromatic N) is 4. The van der Waals surface area contributed by atoms with E-state index >= 15 is 0 Å². The molecule has 0 atom stereocenters. The van der Waals surface area contributed by atoms with Gasteiger partial charge in [0.1, 0.15) is 0 Å². The normalized spacial score (nSPS) is 10.7. The Morgan fingerprint density at radius 3 is 2.58 bits per heavy atom. The van der Waals surface area contributed by atoms with E-state index in [1.54, 1.807) is 15.6 Å². The maximum atomic E-state index is 12.2. The lowest BCUT2D eigenvalue weighted by atomic mass is 10.3. The standard InChI is InChI=1S/C15H20ClN5O3/c1-5-20-8-11(14(19-20)15(23)24-4)17-12(22)6-7-21-10(3)13(16)9(2)18-21/h8H,5-7H2,1-4H3,(H,17,22). The summed E-state index contributed by atoms with van der Waals surface area (Å²) in [7, 11) is 1.27. The highest BCUT2D eigenvalue weighted by Crippen LogP contribution is 2.19. The van der Waals surface area contributed by atoms with Crippen molar-refractivity contribution in [1.29, 1.82) is 0 Å². The summed E-state index contributed by atoms with van der Waals surface area (Å²) in [5.41, 5.74) is 1.96. The lowest BCUT2D eigenvalue weighted by Gasteiger charge is -2.06. The number of carbonyl (C=O) groups excluding carboxylic acids is 2. The van der Waals surface area contributed by atoms with Crippen LogP contribution in [0.3, 0.4) is 0 Å². The van der Waals surface area contributed by atoms with Gasteiger partial charge in [-0.25, -0.2) is 4.79 Å². The third kappa shape index (κ3) is 3.76. The van der Waals surface area contributed by atoms with Crippen LogP contribution in [0, 0.1) is 13.8 Å². The summed E-state index contributed by atoms with van der Waals surface area (Å²) in [6, 6.07) is 0. The molecule has 0 aliphatic heterocycles. The molecule has 0 saturated carbocycles. The molecule has 1 amide bonds. The predicted octanol–water partition coefficient (Wildman–Crippen LogP) is 2.19. The van der Waals surface area contributed by atoms with Crippen LogP contribution in [0.1, 0.15) is 35.2 Å². The smallest absolute Gasteiger partial charge is 0.360 e. The molecule has 0 aliphatic rings. The van der Waals surface area contributed by atoms with Crippen molar-refractivity contribution in [3.63, 3.8) is 0 Å². The Labute approximate surface area is 144 Å². The second kappa shape index (κ2) is 7.48.